The van der Waals surface area contributed by atoms with Gasteiger partial charge in [0.25, 0.3) is 0 Å². The zero-order chi connectivity index (χ0) is 12.8. The number of Topliss-reactive ketones (excluding diaryl/α,β-unsaturated/α-hetero) is 1. The summed E-state index contributed by atoms with van der Waals surface area (Å²) in [6.07, 6.45) is 0.510. The molecule has 0 fully saturated rings. The van der Waals surface area contributed by atoms with Gasteiger partial charge in [-0.05, 0) is 23.4 Å². The van der Waals surface area contributed by atoms with Gasteiger partial charge in [0.05, 0.1) is 12.1 Å². The maximum atomic E-state index is 12.0. The van der Waals surface area contributed by atoms with Crippen LogP contribution in [0.25, 0.3) is 0 Å². The first kappa shape index (κ1) is 14.4. The van der Waals surface area contributed by atoms with Crippen molar-refractivity contribution in [3.8, 4) is 5.75 Å². The Morgan fingerprint density at radius 2 is 2.18 bits per heavy atom. The highest BCUT2D eigenvalue weighted by atomic mass is 35.5. The number of methoxy groups -OCH3 is 1. The molecule has 2 nitrogen and oxygen atoms in total. The molecule has 0 spiro atoms. The second-order valence-corrected chi connectivity index (χ2v) is 6.03. The molecule has 0 amide bonds. The molecule has 1 aromatic rings. The van der Waals surface area contributed by atoms with E-state index in [0.717, 1.165) is 5.75 Å². The first-order valence-corrected chi connectivity index (χ1v) is 6.95. The summed E-state index contributed by atoms with van der Waals surface area (Å²) in [6.45, 7) is 4.24. The van der Waals surface area contributed by atoms with Crippen molar-refractivity contribution in [3.05, 3.63) is 28.8 Å². The summed E-state index contributed by atoms with van der Waals surface area (Å²) in [7, 11) is 1.58. The van der Waals surface area contributed by atoms with E-state index in [0.29, 0.717) is 28.0 Å². The van der Waals surface area contributed by atoms with Gasteiger partial charge in [-0.2, -0.15) is 11.8 Å². The molecular formula is C13H17ClO2S. The number of rotatable bonds is 6. The van der Waals surface area contributed by atoms with E-state index in [9.17, 15) is 4.79 Å². The molecule has 4 heteroatoms. The van der Waals surface area contributed by atoms with E-state index in [-0.39, 0.29) is 5.78 Å². The van der Waals surface area contributed by atoms with Gasteiger partial charge in [-0.15, -0.1) is 0 Å². The van der Waals surface area contributed by atoms with Gasteiger partial charge in [0.2, 0.25) is 0 Å². The molecule has 0 radical (unpaired) electrons. The Labute approximate surface area is 112 Å². The summed E-state index contributed by atoms with van der Waals surface area (Å²) in [5.41, 5.74) is 0.551. The number of carbonyl (C=O) groups is 1. The summed E-state index contributed by atoms with van der Waals surface area (Å²) in [5, 5.41) is 1.04. The lowest BCUT2D eigenvalue weighted by Crippen LogP contribution is -2.03. The van der Waals surface area contributed by atoms with Crippen molar-refractivity contribution in [2.24, 2.45) is 0 Å². The SMILES string of the molecule is COc1ccc(Cl)c(C(=O)CCSC(C)C)c1. The number of carbonyl (C=O) groups excluding carboxylic acids is 1. The van der Waals surface area contributed by atoms with Crippen molar-refractivity contribution in [3.63, 3.8) is 0 Å². The lowest BCUT2D eigenvalue weighted by atomic mass is 10.1. The number of ether oxygens (including phenoxy) is 1. The van der Waals surface area contributed by atoms with Crippen molar-refractivity contribution in [1.82, 2.24) is 0 Å². The largest absolute Gasteiger partial charge is 0.497 e. The number of ketones is 1. The molecule has 0 heterocycles. The minimum atomic E-state index is 0.0713. The number of thioether (sulfide) groups is 1. The lowest BCUT2D eigenvalue weighted by Gasteiger charge is -2.07. The van der Waals surface area contributed by atoms with E-state index in [4.69, 9.17) is 16.3 Å². The predicted octanol–water partition coefficient (Wildman–Crippen LogP) is 4.06. The molecule has 0 aromatic heterocycles. The van der Waals surface area contributed by atoms with Crippen LogP contribution in [0.1, 0.15) is 30.6 Å². The molecule has 0 aliphatic carbocycles. The van der Waals surface area contributed by atoms with Gasteiger partial charge in [0.15, 0.2) is 5.78 Å². The van der Waals surface area contributed by atoms with Gasteiger partial charge in [-0.3, -0.25) is 4.79 Å². The Balaban J connectivity index is 2.67. The maximum absolute atomic E-state index is 12.0. The third-order valence-corrected chi connectivity index (χ3v) is 3.69. The maximum Gasteiger partial charge on any atom is 0.165 e. The topological polar surface area (TPSA) is 26.3 Å². The molecule has 0 saturated heterocycles. The lowest BCUT2D eigenvalue weighted by molar-refractivity contribution is 0.0989. The van der Waals surface area contributed by atoms with Crippen LogP contribution in [-0.4, -0.2) is 23.9 Å². The van der Waals surface area contributed by atoms with E-state index >= 15 is 0 Å². The molecule has 0 aliphatic rings. The van der Waals surface area contributed by atoms with Crippen LogP contribution in [0.3, 0.4) is 0 Å². The van der Waals surface area contributed by atoms with E-state index < -0.39 is 0 Å². The minimum Gasteiger partial charge on any atom is -0.497 e. The van der Waals surface area contributed by atoms with E-state index in [2.05, 4.69) is 13.8 Å². The number of hydrogen-bond donors (Lipinski definition) is 0. The molecule has 94 valence electrons. The first-order chi connectivity index (χ1) is 8.04. The van der Waals surface area contributed by atoms with Gasteiger partial charge in [0.1, 0.15) is 5.75 Å². The van der Waals surface area contributed by atoms with E-state index in [1.165, 1.54) is 0 Å². The van der Waals surface area contributed by atoms with Crippen LogP contribution >= 0.6 is 23.4 Å². The van der Waals surface area contributed by atoms with Crippen molar-refractivity contribution < 1.29 is 9.53 Å². The first-order valence-electron chi connectivity index (χ1n) is 5.53. The summed E-state index contributed by atoms with van der Waals surface area (Å²) in [5.74, 6) is 1.56. The normalized spacial score (nSPS) is 10.6. The second kappa shape index (κ2) is 6.92. The van der Waals surface area contributed by atoms with Crippen LogP contribution < -0.4 is 4.74 Å². The Morgan fingerprint density at radius 1 is 1.47 bits per heavy atom. The van der Waals surface area contributed by atoms with Crippen molar-refractivity contribution in [2.45, 2.75) is 25.5 Å². The van der Waals surface area contributed by atoms with E-state index in [1.807, 2.05) is 0 Å². The van der Waals surface area contributed by atoms with Gasteiger partial charge in [-0.25, -0.2) is 0 Å². The van der Waals surface area contributed by atoms with Gasteiger partial charge in [-0.1, -0.05) is 25.4 Å². The number of benzene rings is 1. The zero-order valence-electron chi connectivity index (χ0n) is 10.3. The molecular weight excluding hydrogens is 256 g/mol. The Bertz CT molecular complexity index is 391. The summed E-state index contributed by atoms with van der Waals surface area (Å²) in [4.78, 5) is 12.0. The highest BCUT2D eigenvalue weighted by molar-refractivity contribution is 7.99. The highest BCUT2D eigenvalue weighted by Crippen LogP contribution is 2.24. The third kappa shape index (κ3) is 4.60. The van der Waals surface area contributed by atoms with Crippen LogP contribution in [0.5, 0.6) is 5.75 Å². The molecule has 0 aliphatic heterocycles. The van der Waals surface area contributed by atoms with Crippen LogP contribution in [0.4, 0.5) is 0 Å². The van der Waals surface area contributed by atoms with Crippen LogP contribution in [0.15, 0.2) is 18.2 Å². The number of hydrogen-bond acceptors (Lipinski definition) is 3. The smallest absolute Gasteiger partial charge is 0.165 e. The van der Waals surface area contributed by atoms with E-state index in [1.54, 1.807) is 37.1 Å². The standard InChI is InChI=1S/C13H17ClO2S/c1-9(2)17-7-6-13(15)11-8-10(16-3)4-5-12(11)14/h4-5,8-9H,6-7H2,1-3H3. The molecule has 1 aromatic carbocycles. The average molecular weight is 273 g/mol. The summed E-state index contributed by atoms with van der Waals surface area (Å²) < 4.78 is 5.09. The van der Waals surface area contributed by atoms with Crippen molar-refractivity contribution >= 4 is 29.1 Å². The zero-order valence-corrected chi connectivity index (χ0v) is 11.9. The fourth-order valence-corrected chi connectivity index (χ4v) is 2.36. The average Bonchev–Trinajstić information content (AvgIpc) is 2.29. The molecule has 0 unspecified atom stereocenters. The molecule has 1 rings (SSSR count). The Kier molecular flexibility index (Phi) is 5.86. The van der Waals surface area contributed by atoms with Gasteiger partial charge < -0.3 is 4.74 Å². The molecule has 17 heavy (non-hydrogen) atoms. The Morgan fingerprint density at radius 3 is 2.76 bits per heavy atom. The minimum absolute atomic E-state index is 0.0713. The van der Waals surface area contributed by atoms with Gasteiger partial charge in [0, 0.05) is 17.7 Å². The van der Waals surface area contributed by atoms with Gasteiger partial charge >= 0.3 is 0 Å². The molecule has 0 bridgehead atoms. The fraction of sp³-hybridized carbons (Fsp3) is 0.462. The Hall–Kier alpha value is -0.670. The van der Waals surface area contributed by atoms with Crippen molar-refractivity contribution in [2.75, 3.05) is 12.9 Å². The predicted molar refractivity (Wildman–Crippen MR) is 74.5 cm³/mol. The van der Waals surface area contributed by atoms with Crippen molar-refractivity contribution in [1.29, 1.82) is 0 Å². The summed E-state index contributed by atoms with van der Waals surface area (Å²) >= 11 is 7.78. The quantitative estimate of drug-likeness (QED) is 0.731. The van der Waals surface area contributed by atoms with Crippen LogP contribution in [0.2, 0.25) is 5.02 Å². The molecule has 0 N–H and O–H groups in total. The number of halogens is 1. The fourth-order valence-electron chi connectivity index (χ4n) is 1.37. The monoisotopic (exact) mass is 272 g/mol. The highest BCUT2D eigenvalue weighted by Gasteiger charge is 2.11. The summed E-state index contributed by atoms with van der Waals surface area (Å²) in [6, 6.07) is 5.15. The third-order valence-electron chi connectivity index (χ3n) is 2.25. The molecule has 0 saturated carbocycles. The van der Waals surface area contributed by atoms with Crippen LogP contribution in [0, 0.1) is 0 Å². The molecule has 0 atom stereocenters. The second-order valence-electron chi connectivity index (χ2n) is 3.94. The van der Waals surface area contributed by atoms with Crippen LogP contribution in [-0.2, 0) is 0 Å².